The zero-order valence-electron chi connectivity index (χ0n) is 11.0. The number of alkyl halides is 3. The summed E-state index contributed by atoms with van der Waals surface area (Å²) >= 11 is 0. The van der Waals surface area contributed by atoms with E-state index in [2.05, 4.69) is 10.2 Å². The van der Waals surface area contributed by atoms with E-state index in [4.69, 9.17) is 5.73 Å². The van der Waals surface area contributed by atoms with Crippen LogP contribution in [-0.2, 0) is 13.0 Å². The normalized spacial score (nSPS) is 21.2. The third-order valence-electron chi connectivity index (χ3n) is 3.64. The molecule has 0 fully saturated rings. The highest BCUT2D eigenvalue weighted by atomic mass is 19.4. The highest BCUT2D eigenvalue weighted by molar-refractivity contribution is 5.04. The second-order valence-electron chi connectivity index (χ2n) is 5.11. The van der Waals surface area contributed by atoms with E-state index in [0.29, 0.717) is 18.1 Å². The van der Waals surface area contributed by atoms with Gasteiger partial charge >= 0.3 is 6.18 Å². The van der Waals surface area contributed by atoms with Gasteiger partial charge in [0, 0.05) is 13.0 Å². The monoisotopic (exact) mass is 276 g/mol. The summed E-state index contributed by atoms with van der Waals surface area (Å²) in [7, 11) is 0. The van der Waals surface area contributed by atoms with Gasteiger partial charge in [0.05, 0.1) is 12.0 Å². The van der Waals surface area contributed by atoms with Gasteiger partial charge in [-0.25, -0.2) is 0 Å². The summed E-state index contributed by atoms with van der Waals surface area (Å²) in [5, 5.41) is 7.96. The molecular weight excluding hydrogens is 257 g/mol. The molecule has 0 spiro atoms. The fourth-order valence-electron chi connectivity index (χ4n) is 2.44. The molecule has 0 aliphatic carbocycles. The van der Waals surface area contributed by atoms with Crippen LogP contribution in [0.5, 0.6) is 0 Å². The van der Waals surface area contributed by atoms with E-state index in [1.807, 2.05) is 6.92 Å². The summed E-state index contributed by atoms with van der Waals surface area (Å²) in [5.74, 6) is -0.187. The SMILES string of the molecule is CCCCC(N)c1nnc2n1CC(C(F)(F)F)CC2. The second kappa shape index (κ2) is 5.48. The molecule has 0 radical (unpaired) electrons. The lowest BCUT2D eigenvalue weighted by Gasteiger charge is -2.27. The third-order valence-corrected chi connectivity index (χ3v) is 3.64. The first-order chi connectivity index (χ1) is 8.93. The zero-order valence-corrected chi connectivity index (χ0v) is 11.0. The van der Waals surface area contributed by atoms with Crippen LogP contribution < -0.4 is 5.73 Å². The Balaban J connectivity index is 2.15. The number of hydrogen-bond acceptors (Lipinski definition) is 3. The van der Waals surface area contributed by atoms with Crippen molar-refractivity contribution in [3.63, 3.8) is 0 Å². The van der Waals surface area contributed by atoms with Crippen molar-refractivity contribution < 1.29 is 13.2 Å². The van der Waals surface area contributed by atoms with E-state index in [0.717, 1.165) is 19.3 Å². The fraction of sp³-hybridized carbons (Fsp3) is 0.833. The lowest BCUT2D eigenvalue weighted by Crippen LogP contribution is -2.33. The Bertz CT molecular complexity index is 427. The Kier molecular flexibility index (Phi) is 4.13. The van der Waals surface area contributed by atoms with E-state index in [-0.39, 0.29) is 19.0 Å². The Morgan fingerprint density at radius 3 is 2.79 bits per heavy atom. The van der Waals surface area contributed by atoms with Gasteiger partial charge in [-0.1, -0.05) is 19.8 Å². The number of nitrogens with two attached hydrogens (primary N) is 1. The smallest absolute Gasteiger partial charge is 0.321 e. The molecule has 1 aromatic rings. The van der Waals surface area contributed by atoms with Gasteiger partial charge in [-0.2, -0.15) is 13.2 Å². The molecule has 1 aliphatic heterocycles. The van der Waals surface area contributed by atoms with Gasteiger partial charge < -0.3 is 10.3 Å². The molecule has 108 valence electrons. The van der Waals surface area contributed by atoms with Crippen LogP contribution in [-0.4, -0.2) is 20.9 Å². The molecule has 0 aromatic carbocycles. The first-order valence-corrected chi connectivity index (χ1v) is 6.67. The van der Waals surface area contributed by atoms with Crippen molar-refractivity contribution in [2.75, 3.05) is 0 Å². The molecule has 19 heavy (non-hydrogen) atoms. The number of aromatic nitrogens is 3. The summed E-state index contributed by atoms with van der Waals surface area (Å²) in [4.78, 5) is 0. The van der Waals surface area contributed by atoms with Gasteiger partial charge in [0.25, 0.3) is 0 Å². The molecule has 2 atom stereocenters. The van der Waals surface area contributed by atoms with E-state index in [1.165, 1.54) is 0 Å². The minimum atomic E-state index is -4.16. The van der Waals surface area contributed by atoms with Crippen LogP contribution in [0.3, 0.4) is 0 Å². The van der Waals surface area contributed by atoms with Crippen molar-refractivity contribution >= 4 is 0 Å². The number of hydrogen-bond donors (Lipinski definition) is 1. The van der Waals surface area contributed by atoms with Crippen LogP contribution in [0.25, 0.3) is 0 Å². The zero-order chi connectivity index (χ0) is 14.0. The molecule has 2 heterocycles. The van der Waals surface area contributed by atoms with Crippen molar-refractivity contribution in [3.8, 4) is 0 Å². The van der Waals surface area contributed by atoms with Gasteiger partial charge in [0.1, 0.15) is 11.6 Å². The molecule has 0 saturated carbocycles. The average Bonchev–Trinajstić information content (AvgIpc) is 2.77. The molecule has 2 unspecified atom stereocenters. The largest absolute Gasteiger partial charge is 0.393 e. The minimum absolute atomic E-state index is 0.0891. The van der Waals surface area contributed by atoms with E-state index < -0.39 is 12.1 Å². The highest BCUT2D eigenvalue weighted by Gasteiger charge is 2.42. The van der Waals surface area contributed by atoms with Crippen molar-refractivity contribution in [2.24, 2.45) is 11.7 Å². The van der Waals surface area contributed by atoms with E-state index >= 15 is 0 Å². The topological polar surface area (TPSA) is 56.7 Å². The molecule has 1 aromatic heterocycles. The standard InChI is InChI=1S/C12H19F3N4/c1-2-3-4-9(16)11-18-17-10-6-5-8(7-19(10)11)12(13,14)15/h8-9H,2-7,16H2,1H3. The van der Waals surface area contributed by atoms with Gasteiger partial charge in [0.2, 0.25) is 0 Å². The van der Waals surface area contributed by atoms with Crippen LogP contribution >= 0.6 is 0 Å². The van der Waals surface area contributed by atoms with E-state index in [1.54, 1.807) is 4.57 Å². The average molecular weight is 276 g/mol. The summed E-state index contributed by atoms with van der Waals surface area (Å²) in [6.07, 6.45) is -1.09. The predicted octanol–water partition coefficient (Wildman–Crippen LogP) is 2.59. The quantitative estimate of drug-likeness (QED) is 0.919. The first-order valence-electron chi connectivity index (χ1n) is 6.67. The number of aryl methyl sites for hydroxylation is 1. The van der Waals surface area contributed by atoms with Gasteiger partial charge in [-0.15, -0.1) is 10.2 Å². The lowest BCUT2D eigenvalue weighted by molar-refractivity contribution is -0.182. The summed E-state index contributed by atoms with van der Waals surface area (Å²) < 4.78 is 39.9. The number of unbranched alkanes of at least 4 members (excludes halogenated alkanes) is 1. The maximum absolute atomic E-state index is 12.8. The molecular formula is C12H19F3N4. The Morgan fingerprint density at radius 2 is 2.16 bits per heavy atom. The Hall–Kier alpha value is -1.11. The highest BCUT2D eigenvalue weighted by Crippen LogP contribution is 2.35. The number of nitrogens with zero attached hydrogens (tertiary/aromatic N) is 3. The number of fused-ring (bicyclic) bond motifs is 1. The van der Waals surface area contributed by atoms with Crippen molar-refractivity contribution in [2.45, 2.75) is 57.8 Å². The molecule has 1 aliphatic rings. The molecule has 2 N–H and O–H groups in total. The maximum atomic E-state index is 12.8. The minimum Gasteiger partial charge on any atom is -0.321 e. The van der Waals surface area contributed by atoms with Crippen LogP contribution in [0.4, 0.5) is 13.2 Å². The Morgan fingerprint density at radius 1 is 1.42 bits per heavy atom. The maximum Gasteiger partial charge on any atom is 0.393 e. The van der Waals surface area contributed by atoms with Gasteiger partial charge in [0.15, 0.2) is 0 Å². The predicted molar refractivity (Wildman–Crippen MR) is 64.3 cm³/mol. The molecule has 0 bridgehead atoms. The van der Waals surface area contributed by atoms with Crippen LogP contribution in [0.1, 0.15) is 50.3 Å². The molecule has 7 heteroatoms. The summed E-state index contributed by atoms with van der Waals surface area (Å²) in [6, 6.07) is -0.326. The van der Waals surface area contributed by atoms with Gasteiger partial charge in [-0.3, -0.25) is 0 Å². The van der Waals surface area contributed by atoms with Gasteiger partial charge in [-0.05, 0) is 12.8 Å². The van der Waals surface area contributed by atoms with Crippen LogP contribution in [0.2, 0.25) is 0 Å². The molecule has 0 saturated heterocycles. The first kappa shape index (κ1) is 14.3. The summed E-state index contributed by atoms with van der Waals surface area (Å²) in [6.45, 7) is 1.95. The van der Waals surface area contributed by atoms with Crippen molar-refractivity contribution in [3.05, 3.63) is 11.6 Å². The molecule has 2 rings (SSSR count). The van der Waals surface area contributed by atoms with Crippen LogP contribution in [0, 0.1) is 5.92 Å². The van der Waals surface area contributed by atoms with E-state index in [9.17, 15) is 13.2 Å². The molecule has 0 amide bonds. The Labute approximate surface area is 110 Å². The van der Waals surface area contributed by atoms with Crippen LogP contribution in [0.15, 0.2) is 0 Å². The summed E-state index contributed by atoms with van der Waals surface area (Å²) in [5.41, 5.74) is 6.00. The van der Waals surface area contributed by atoms with Crippen molar-refractivity contribution in [1.29, 1.82) is 0 Å². The molecule has 4 nitrogen and oxygen atoms in total. The second-order valence-corrected chi connectivity index (χ2v) is 5.11. The number of rotatable bonds is 4. The van der Waals surface area contributed by atoms with Crippen molar-refractivity contribution in [1.82, 2.24) is 14.8 Å². The number of halogens is 3. The third kappa shape index (κ3) is 3.08. The fourth-order valence-corrected chi connectivity index (χ4v) is 2.44. The lowest BCUT2D eigenvalue weighted by atomic mass is 9.98.